The van der Waals surface area contributed by atoms with Gasteiger partial charge in [0.15, 0.2) is 6.61 Å². The molecule has 1 aromatic rings. The van der Waals surface area contributed by atoms with E-state index in [-0.39, 0.29) is 6.04 Å². The van der Waals surface area contributed by atoms with Crippen molar-refractivity contribution in [3.63, 3.8) is 0 Å². The average Bonchev–Trinajstić information content (AvgIpc) is 2.87. The molecule has 0 aliphatic heterocycles. The lowest BCUT2D eigenvalue weighted by atomic mass is 9.96. The van der Waals surface area contributed by atoms with Gasteiger partial charge in [0.2, 0.25) is 0 Å². The molecule has 1 aliphatic rings. The summed E-state index contributed by atoms with van der Waals surface area (Å²) in [6, 6.07) is 1.33. The second-order valence-corrected chi connectivity index (χ2v) is 6.46. The van der Waals surface area contributed by atoms with Crippen molar-refractivity contribution in [2.45, 2.75) is 65.5 Å². The Bertz CT molecular complexity index is 645. The largest absolute Gasteiger partial charge is 0.452 e. The summed E-state index contributed by atoms with van der Waals surface area (Å²) in [7, 11) is 0. The Morgan fingerprint density at radius 3 is 2.48 bits per heavy atom. The van der Waals surface area contributed by atoms with E-state index in [4.69, 9.17) is 4.74 Å². The Hall–Kier alpha value is -2.31. The van der Waals surface area contributed by atoms with E-state index in [2.05, 4.69) is 10.6 Å². The number of amides is 3. The van der Waals surface area contributed by atoms with Crippen molar-refractivity contribution in [2.75, 3.05) is 6.61 Å². The van der Waals surface area contributed by atoms with Gasteiger partial charge in [-0.15, -0.1) is 0 Å². The Morgan fingerprint density at radius 2 is 1.88 bits per heavy atom. The SMILES string of the molecule is CCn1c(C)cc(C(=O)OCC(=O)NC(=O)NC2CCCCC2)c1C. The minimum Gasteiger partial charge on any atom is -0.452 e. The molecule has 7 nitrogen and oxygen atoms in total. The van der Waals surface area contributed by atoms with Crippen LogP contribution in [-0.2, 0) is 16.1 Å². The zero-order chi connectivity index (χ0) is 18.4. The fourth-order valence-corrected chi connectivity index (χ4v) is 3.33. The molecular formula is C18H27N3O4. The molecule has 1 fully saturated rings. The number of urea groups is 1. The molecule has 1 aliphatic carbocycles. The first kappa shape index (κ1) is 19.0. The maximum absolute atomic E-state index is 12.1. The van der Waals surface area contributed by atoms with Crippen LogP contribution in [0, 0.1) is 13.8 Å². The molecule has 3 amide bonds. The first-order chi connectivity index (χ1) is 11.9. The number of rotatable bonds is 5. The molecule has 0 unspecified atom stereocenters. The topological polar surface area (TPSA) is 89.4 Å². The number of nitrogens with zero attached hydrogens (tertiary/aromatic N) is 1. The van der Waals surface area contributed by atoms with E-state index >= 15 is 0 Å². The summed E-state index contributed by atoms with van der Waals surface area (Å²) in [5.74, 6) is -1.19. The summed E-state index contributed by atoms with van der Waals surface area (Å²) >= 11 is 0. The number of aryl methyl sites for hydroxylation is 1. The van der Waals surface area contributed by atoms with Gasteiger partial charge in [0, 0.05) is 24.0 Å². The number of imide groups is 1. The highest BCUT2D eigenvalue weighted by Crippen LogP contribution is 2.17. The molecule has 1 saturated carbocycles. The number of hydrogen-bond acceptors (Lipinski definition) is 4. The lowest BCUT2D eigenvalue weighted by Crippen LogP contribution is -2.46. The van der Waals surface area contributed by atoms with E-state index in [0.717, 1.165) is 43.6 Å². The molecule has 0 saturated heterocycles. The van der Waals surface area contributed by atoms with Gasteiger partial charge in [-0.3, -0.25) is 10.1 Å². The standard InChI is InChI=1S/C18H27N3O4/c1-4-21-12(2)10-15(13(21)3)17(23)25-11-16(22)20-18(24)19-14-8-6-5-7-9-14/h10,14H,4-9,11H2,1-3H3,(H2,19,20,22,24). The Kier molecular flexibility index (Phi) is 6.61. The van der Waals surface area contributed by atoms with Crippen molar-refractivity contribution >= 4 is 17.9 Å². The summed E-state index contributed by atoms with van der Waals surface area (Å²) in [6.07, 6.45) is 5.24. The molecule has 0 bridgehead atoms. The number of nitrogens with one attached hydrogen (secondary N) is 2. The quantitative estimate of drug-likeness (QED) is 0.799. The van der Waals surface area contributed by atoms with Gasteiger partial charge in [-0.1, -0.05) is 19.3 Å². The Labute approximate surface area is 148 Å². The van der Waals surface area contributed by atoms with Crippen molar-refractivity contribution in [1.82, 2.24) is 15.2 Å². The number of carbonyl (C=O) groups is 3. The van der Waals surface area contributed by atoms with E-state index in [1.807, 2.05) is 25.3 Å². The van der Waals surface area contributed by atoms with Crippen LogP contribution in [0.25, 0.3) is 0 Å². The molecule has 138 valence electrons. The predicted octanol–water partition coefficient (Wildman–Crippen LogP) is 2.44. The first-order valence-electron chi connectivity index (χ1n) is 8.86. The van der Waals surface area contributed by atoms with Gasteiger partial charge in [-0.05, 0) is 39.7 Å². The van der Waals surface area contributed by atoms with Gasteiger partial charge in [0.1, 0.15) is 0 Å². The number of carbonyl (C=O) groups excluding carboxylic acids is 3. The minimum atomic E-state index is -0.633. The molecule has 0 spiro atoms. The highest BCUT2D eigenvalue weighted by atomic mass is 16.5. The summed E-state index contributed by atoms with van der Waals surface area (Å²) < 4.78 is 7.02. The fraction of sp³-hybridized carbons (Fsp3) is 0.611. The van der Waals surface area contributed by atoms with Gasteiger partial charge >= 0.3 is 12.0 Å². The predicted molar refractivity (Wildman–Crippen MR) is 93.4 cm³/mol. The third kappa shape index (κ3) is 5.08. The van der Waals surface area contributed by atoms with Gasteiger partial charge in [-0.25, -0.2) is 9.59 Å². The second kappa shape index (κ2) is 8.69. The van der Waals surface area contributed by atoms with E-state index in [1.54, 1.807) is 6.07 Å². The van der Waals surface area contributed by atoms with Gasteiger partial charge in [0.25, 0.3) is 5.91 Å². The lowest BCUT2D eigenvalue weighted by molar-refractivity contribution is -0.123. The molecule has 2 N–H and O–H groups in total. The van der Waals surface area contributed by atoms with Crippen molar-refractivity contribution in [2.24, 2.45) is 0 Å². The summed E-state index contributed by atoms with van der Waals surface area (Å²) in [6.45, 7) is 6.02. The van der Waals surface area contributed by atoms with Crippen LogP contribution >= 0.6 is 0 Å². The number of ether oxygens (including phenoxy) is 1. The fourth-order valence-electron chi connectivity index (χ4n) is 3.33. The first-order valence-corrected chi connectivity index (χ1v) is 8.86. The van der Waals surface area contributed by atoms with E-state index in [9.17, 15) is 14.4 Å². The highest BCUT2D eigenvalue weighted by Gasteiger charge is 2.19. The van der Waals surface area contributed by atoms with Crippen molar-refractivity contribution in [1.29, 1.82) is 0 Å². The minimum absolute atomic E-state index is 0.114. The van der Waals surface area contributed by atoms with Gasteiger partial charge < -0.3 is 14.6 Å². The third-order valence-corrected chi connectivity index (χ3v) is 4.64. The highest BCUT2D eigenvalue weighted by molar-refractivity contribution is 5.97. The number of esters is 1. The van der Waals surface area contributed by atoms with Crippen LogP contribution in [-0.4, -0.2) is 35.1 Å². The van der Waals surface area contributed by atoms with Crippen LogP contribution in [0.1, 0.15) is 60.8 Å². The zero-order valence-electron chi connectivity index (χ0n) is 15.2. The zero-order valence-corrected chi connectivity index (χ0v) is 15.2. The molecule has 1 heterocycles. The van der Waals surface area contributed by atoms with E-state index in [1.165, 1.54) is 6.42 Å². The molecule has 0 aromatic carbocycles. The Morgan fingerprint density at radius 1 is 1.20 bits per heavy atom. The molecule has 2 rings (SSSR count). The average molecular weight is 349 g/mol. The van der Waals surface area contributed by atoms with Crippen LogP contribution in [0.5, 0.6) is 0 Å². The second-order valence-electron chi connectivity index (χ2n) is 6.46. The van der Waals surface area contributed by atoms with Crippen molar-refractivity contribution < 1.29 is 19.1 Å². The number of aromatic nitrogens is 1. The van der Waals surface area contributed by atoms with Crippen LogP contribution in [0.15, 0.2) is 6.07 Å². The van der Waals surface area contributed by atoms with Crippen LogP contribution in [0.2, 0.25) is 0 Å². The van der Waals surface area contributed by atoms with Crippen LogP contribution in [0.4, 0.5) is 4.79 Å². The molecular weight excluding hydrogens is 322 g/mol. The molecule has 0 radical (unpaired) electrons. The normalized spacial score (nSPS) is 14.8. The van der Waals surface area contributed by atoms with Gasteiger partial charge in [0.05, 0.1) is 5.56 Å². The summed E-state index contributed by atoms with van der Waals surface area (Å²) in [5.41, 5.74) is 2.21. The summed E-state index contributed by atoms with van der Waals surface area (Å²) in [4.78, 5) is 35.7. The molecule has 25 heavy (non-hydrogen) atoms. The number of hydrogen-bond donors (Lipinski definition) is 2. The molecule has 1 aromatic heterocycles. The maximum atomic E-state index is 12.1. The Balaban J connectivity index is 1.79. The smallest absolute Gasteiger partial charge is 0.340 e. The monoisotopic (exact) mass is 349 g/mol. The van der Waals surface area contributed by atoms with E-state index in [0.29, 0.717) is 5.56 Å². The van der Waals surface area contributed by atoms with Crippen LogP contribution in [0.3, 0.4) is 0 Å². The van der Waals surface area contributed by atoms with Gasteiger partial charge in [-0.2, -0.15) is 0 Å². The van der Waals surface area contributed by atoms with Crippen molar-refractivity contribution in [3.05, 3.63) is 23.0 Å². The summed E-state index contributed by atoms with van der Waals surface area (Å²) in [5, 5.41) is 4.99. The lowest BCUT2D eigenvalue weighted by Gasteiger charge is -2.22. The molecule has 7 heteroatoms. The van der Waals surface area contributed by atoms with Crippen molar-refractivity contribution in [3.8, 4) is 0 Å². The van der Waals surface area contributed by atoms with Crippen LogP contribution < -0.4 is 10.6 Å². The van der Waals surface area contributed by atoms with E-state index < -0.39 is 24.5 Å². The maximum Gasteiger partial charge on any atom is 0.340 e. The molecule has 0 atom stereocenters. The third-order valence-electron chi connectivity index (χ3n) is 4.64.